The Labute approximate surface area is 256 Å². The molecule has 11 N–H and O–H groups in total. The van der Waals surface area contributed by atoms with Crippen molar-refractivity contribution in [2.45, 2.75) is 18.4 Å². The molecular formula is C30H28N10O5. The summed E-state index contributed by atoms with van der Waals surface area (Å²) in [5, 5.41) is 26.9. The van der Waals surface area contributed by atoms with E-state index in [1.54, 1.807) is 24.3 Å². The smallest absolute Gasteiger partial charge is 0.339 e. The van der Waals surface area contributed by atoms with Crippen LogP contribution in [0.15, 0.2) is 71.7 Å². The van der Waals surface area contributed by atoms with Crippen molar-refractivity contribution in [3.63, 3.8) is 0 Å². The predicted molar refractivity (Wildman–Crippen MR) is 167 cm³/mol. The van der Waals surface area contributed by atoms with Crippen LogP contribution in [0.3, 0.4) is 0 Å². The van der Waals surface area contributed by atoms with Crippen LogP contribution in [0.5, 0.6) is 23.4 Å². The number of aliphatic imine (C=N–C) groups is 1. The molecule has 1 aromatic heterocycles. The van der Waals surface area contributed by atoms with E-state index >= 15 is 0 Å². The summed E-state index contributed by atoms with van der Waals surface area (Å²) in [4.78, 5) is 38.2. The number of hydrogen-bond donors (Lipinski definition) is 8. The number of carboxylic acid groups (broad SMARTS) is 1. The lowest BCUT2D eigenvalue weighted by Gasteiger charge is -2.28. The number of para-hydroxylation sites is 1. The number of ether oxygens (including phenoxy) is 2. The summed E-state index contributed by atoms with van der Waals surface area (Å²) in [6.45, 7) is 0.667. The van der Waals surface area contributed by atoms with Gasteiger partial charge in [-0.15, -0.1) is 0 Å². The number of rotatable bonds is 9. The normalized spacial score (nSPS) is 16.2. The van der Waals surface area contributed by atoms with Crippen molar-refractivity contribution in [3.8, 4) is 23.4 Å². The third-order valence-electron chi connectivity index (χ3n) is 7.21. The number of amides is 1. The van der Waals surface area contributed by atoms with Gasteiger partial charge in [0, 0.05) is 29.8 Å². The minimum absolute atomic E-state index is 0.0602. The number of nitrogen functional groups attached to an aromatic ring is 1. The van der Waals surface area contributed by atoms with Crippen molar-refractivity contribution < 1.29 is 24.2 Å². The number of amidine groups is 1. The highest BCUT2D eigenvalue weighted by Gasteiger charge is 2.35. The fourth-order valence-corrected chi connectivity index (χ4v) is 5.14. The molecule has 0 spiro atoms. The largest absolute Gasteiger partial charge is 0.478 e. The summed E-state index contributed by atoms with van der Waals surface area (Å²) in [6.07, 6.45) is 0.454. The summed E-state index contributed by atoms with van der Waals surface area (Å²) in [6, 6.07) is 17.5. The van der Waals surface area contributed by atoms with Crippen LogP contribution in [-0.2, 0) is 4.79 Å². The van der Waals surface area contributed by atoms with Gasteiger partial charge in [-0.25, -0.2) is 9.79 Å². The number of nitrogens with one attached hydrogen (secondary N) is 4. The molecule has 2 aliphatic rings. The van der Waals surface area contributed by atoms with Gasteiger partial charge in [-0.3, -0.25) is 10.2 Å². The summed E-state index contributed by atoms with van der Waals surface area (Å²) in [5.41, 5.74) is 19.3. The molecular weight excluding hydrogens is 580 g/mol. The zero-order valence-electron chi connectivity index (χ0n) is 23.6. The van der Waals surface area contributed by atoms with Gasteiger partial charge in [0.25, 0.3) is 5.88 Å². The summed E-state index contributed by atoms with van der Waals surface area (Å²) < 4.78 is 11.9. The van der Waals surface area contributed by atoms with Crippen molar-refractivity contribution in [2.24, 2.45) is 22.2 Å². The van der Waals surface area contributed by atoms with Gasteiger partial charge in [-0.1, -0.05) is 30.3 Å². The molecule has 45 heavy (non-hydrogen) atoms. The zero-order valence-corrected chi connectivity index (χ0v) is 23.6. The van der Waals surface area contributed by atoms with Gasteiger partial charge >= 0.3 is 12.0 Å². The summed E-state index contributed by atoms with van der Waals surface area (Å²) in [7, 11) is 0. The van der Waals surface area contributed by atoms with Crippen LogP contribution in [0.2, 0.25) is 0 Å². The average molecular weight is 609 g/mol. The maximum atomic E-state index is 13.4. The molecule has 6 rings (SSSR count). The fraction of sp³-hybridized carbons (Fsp3) is 0.133. The third-order valence-corrected chi connectivity index (χ3v) is 7.21. The Balaban J connectivity index is 1.38. The molecule has 2 aliphatic heterocycles. The number of carboxylic acids is 1. The molecule has 2 unspecified atom stereocenters. The first kappa shape index (κ1) is 28.7. The Hall–Kier alpha value is -6.38. The van der Waals surface area contributed by atoms with Gasteiger partial charge in [-0.05, 0) is 42.3 Å². The van der Waals surface area contributed by atoms with E-state index in [4.69, 9.17) is 32.1 Å². The van der Waals surface area contributed by atoms with Gasteiger partial charge in [0.05, 0.1) is 5.69 Å². The molecule has 4 aromatic rings. The Kier molecular flexibility index (Phi) is 7.48. The Morgan fingerprint density at radius 2 is 1.87 bits per heavy atom. The first-order valence-corrected chi connectivity index (χ1v) is 13.7. The van der Waals surface area contributed by atoms with Crippen LogP contribution in [0.4, 0.5) is 22.9 Å². The van der Waals surface area contributed by atoms with E-state index < -0.39 is 12.0 Å². The minimum atomic E-state index is -1.29. The number of aromatic carboxylic acids is 1. The number of nitrogens with two attached hydrogens (primary N) is 3. The standard InChI is InChI=1S/C30H28N10O5/c31-24(32)14-8-9-19(28(42)43)22(11-14)45-27-23-25(39-30(40-27)44-17-5-3-4-16(12-17)36-29(33)34)37-21(26(41)38-23)10-15-13-35-20-7-2-1-6-18(15)20/h1-9,11-12,15,21,35H,10,13H2,(H3,31,32)(H,38,41)(H,42,43)(H4,33,34,36)(H,37,39,40). The third kappa shape index (κ3) is 6.08. The van der Waals surface area contributed by atoms with Gasteiger partial charge < -0.3 is 47.7 Å². The van der Waals surface area contributed by atoms with Crippen molar-refractivity contribution in [2.75, 3.05) is 22.5 Å². The lowest BCUT2D eigenvalue weighted by atomic mass is 9.93. The molecule has 15 nitrogen and oxygen atoms in total. The van der Waals surface area contributed by atoms with Crippen molar-refractivity contribution in [3.05, 3.63) is 83.4 Å². The second kappa shape index (κ2) is 11.7. The van der Waals surface area contributed by atoms with Crippen LogP contribution in [0.25, 0.3) is 0 Å². The molecule has 0 radical (unpaired) electrons. The van der Waals surface area contributed by atoms with Gasteiger partial charge in [-0.2, -0.15) is 9.97 Å². The molecule has 3 aromatic carbocycles. The van der Waals surface area contributed by atoms with Gasteiger partial charge in [0.15, 0.2) is 11.8 Å². The number of aromatic nitrogens is 2. The molecule has 2 atom stereocenters. The quantitative estimate of drug-likeness (QED) is 0.101. The molecule has 1 amide bonds. The second-order valence-corrected chi connectivity index (χ2v) is 10.3. The highest BCUT2D eigenvalue weighted by Crippen LogP contribution is 2.41. The van der Waals surface area contributed by atoms with E-state index in [0.717, 1.165) is 11.3 Å². The first-order chi connectivity index (χ1) is 21.6. The Morgan fingerprint density at radius 1 is 1.04 bits per heavy atom. The Morgan fingerprint density at radius 3 is 2.64 bits per heavy atom. The number of carbonyl (C=O) groups excluding carboxylic acids is 1. The number of nitrogens with zero attached hydrogens (tertiary/aromatic N) is 3. The fourth-order valence-electron chi connectivity index (χ4n) is 5.14. The van der Waals surface area contributed by atoms with Gasteiger partial charge in [0.2, 0.25) is 5.91 Å². The van der Waals surface area contributed by atoms with Crippen molar-refractivity contribution >= 4 is 46.6 Å². The van der Waals surface area contributed by atoms with Crippen LogP contribution < -0.4 is 42.6 Å². The van der Waals surface area contributed by atoms with E-state index in [2.05, 4.69) is 30.9 Å². The molecule has 0 bridgehead atoms. The van der Waals surface area contributed by atoms with Crippen molar-refractivity contribution in [1.82, 2.24) is 9.97 Å². The lowest BCUT2D eigenvalue weighted by molar-refractivity contribution is -0.117. The van der Waals surface area contributed by atoms with E-state index in [9.17, 15) is 14.7 Å². The van der Waals surface area contributed by atoms with E-state index in [1.807, 2.05) is 24.3 Å². The number of fused-ring (bicyclic) bond motifs is 2. The average Bonchev–Trinajstić information content (AvgIpc) is 3.40. The zero-order chi connectivity index (χ0) is 31.7. The number of guanidine groups is 1. The molecule has 15 heteroatoms. The van der Waals surface area contributed by atoms with Crippen LogP contribution in [0, 0.1) is 5.41 Å². The minimum Gasteiger partial charge on any atom is -0.478 e. The maximum absolute atomic E-state index is 13.4. The highest BCUT2D eigenvalue weighted by molar-refractivity contribution is 6.04. The molecule has 0 aliphatic carbocycles. The molecule has 0 saturated heterocycles. The number of benzene rings is 3. The van der Waals surface area contributed by atoms with E-state index in [0.29, 0.717) is 24.4 Å². The highest BCUT2D eigenvalue weighted by atomic mass is 16.5. The number of carbonyl (C=O) groups is 2. The summed E-state index contributed by atoms with van der Waals surface area (Å²) in [5.74, 6) is -1.90. The SMILES string of the molecule is N=C(N)c1ccc(C(=O)O)c(Oc2nc(Oc3cccc(N=C(N)N)c3)nc3c2NC(=O)C(CC2CNc4ccccc42)N3)c1. The molecule has 0 fully saturated rings. The lowest BCUT2D eigenvalue weighted by Crippen LogP contribution is -2.40. The van der Waals surface area contributed by atoms with Crippen LogP contribution in [0.1, 0.15) is 33.8 Å². The van der Waals surface area contributed by atoms with E-state index in [1.165, 1.54) is 18.2 Å². The number of anilines is 3. The Bertz CT molecular complexity index is 1870. The summed E-state index contributed by atoms with van der Waals surface area (Å²) >= 11 is 0. The predicted octanol–water partition coefficient (Wildman–Crippen LogP) is 3.28. The molecule has 0 saturated carbocycles. The van der Waals surface area contributed by atoms with Crippen LogP contribution >= 0.6 is 0 Å². The first-order valence-electron chi connectivity index (χ1n) is 13.7. The maximum Gasteiger partial charge on any atom is 0.339 e. The van der Waals surface area contributed by atoms with E-state index in [-0.39, 0.29) is 63.9 Å². The topological polar surface area (TPSA) is 249 Å². The monoisotopic (exact) mass is 608 g/mol. The second-order valence-electron chi connectivity index (χ2n) is 10.3. The number of hydrogen-bond acceptors (Lipinski definition) is 10. The molecule has 228 valence electrons. The van der Waals surface area contributed by atoms with Gasteiger partial charge in [0.1, 0.15) is 34.6 Å². The van der Waals surface area contributed by atoms with Crippen LogP contribution in [-0.4, -0.2) is 51.3 Å². The van der Waals surface area contributed by atoms with Crippen molar-refractivity contribution in [1.29, 1.82) is 5.41 Å². The molecule has 3 heterocycles.